The summed E-state index contributed by atoms with van der Waals surface area (Å²) in [5.74, 6) is 0.645. The molecule has 0 saturated heterocycles. The van der Waals surface area contributed by atoms with Crippen LogP contribution >= 0.6 is 0 Å². The molecule has 2 heterocycles. The summed E-state index contributed by atoms with van der Waals surface area (Å²) in [6.45, 7) is 2.01. The Morgan fingerprint density at radius 1 is 1.20 bits per heavy atom. The maximum Gasteiger partial charge on any atom is 0.221 e. The molecule has 2 rings (SSSR count). The highest BCUT2D eigenvalue weighted by atomic mass is 16.5. The highest BCUT2D eigenvalue weighted by molar-refractivity contribution is 5.68. The van der Waals surface area contributed by atoms with Gasteiger partial charge in [0.15, 0.2) is 0 Å². The third kappa shape index (κ3) is 1.96. The van der Waals surface area contributed by atoms with Crippen LogP contribution in [0.4, 0.5) is 0 Å². The van der Waals surface area contributed by atoms with E-state index in [-0.39, 0.29) is 0 Å². The van der Waals surface area contributed by atoms with Crippen molar-refractivity contribution >= 4 is 0 Å². The van der Waals surface area contributed by atoms with Crippen molar-refractivity contribution in [2.24, 2.45) is 0 Å². The molecule has 0 N–H and O–H groups in total. The molecule has 0 unspecified atom stereocenters. The van der Waals surface area contributed by atoms with Gasteiger partial charge in [-0.25, -0.2) is 4.98 Å². The summed E-state index contributed by atoms with van der Waals surface area (Å²) < 4.78 is 5.22. The van der Waals surface area contributed by atoms with E-state index >= 15 is 0 Å². The molecule has 76 valence electrons. The van der Waals surface area contributed by atoms with Crippen LogP contribution in [0.1, 0.15) is 5.56 Å². The van der Waals surface area contributed by atoms with Gasteiger partial charge in [0.2, 0.25) is 5.88 Å². The standard InChI is InChI=1S/C12H12N2O/c1-9-7-11(12(15-2)14-8-9)10-3-5-13-6-4-10/h3-8H,1-2H3. The first-order valence-electron chi connectivity index (χ1n) is 4.72. The molecule has 0 bridgehead atoms. The van der Waals surface area contributed by atoms with Crippen LogP contribution < -0.4 is 4.74 Å². The van der Waals surface area contributed by atoms with Crippen LogP contribution in [0.2, 0.25) is 0 Å². The summed E-state index contributed by atoms with van der Waals surface area (Å²) in [4.78, 5) is 8.22. The summed E-state index contributed by atoms with van der Waals surface area (Å²) in [6, 6.07) is 5.94. The number of rotatable bonds is 2. The van der Waals surface area contributed by atoms with Gasteiger partial charge in [0, 0.05) is 24.2 Å². The SMILES string of the molecule is COc1ncc(C)cc1-c1ccncc1. The minimum atomic E-state index is 0.645. The molecular formula is C12H12N2O. The Labute approximate surface area is 88.8 Å². The largest absolute Gasteiger partial charge is 0.481 e. The monoisotopic (exact) mass is 200 g/mol. The van der Waals surface area contributed by atoms with Gasteiger partial charge in [0.05, 0.1) is 7.11 Å². The van der Waals surface area contributed by atoms with Gasteiger partial charge in [-0.05, 0) is 36.2 Å². The predicted molar refractivity (Wildman–Crippen MR) is 58.8 cm³/mol. The van der Waals surface area contributed by atoms with Gasteiger partial charge >= 0.3 is 0 Å². The van der Waals surface area contributed by atoms with Crippen LogP contribution in [0.15, 0.2) is 36.8 Å². The number of aryl methyl sites for hydroxylation is 1. The fourth-order valence-electron chi connectivity index (χ4n) is 1.46. The Hall–Kier alpha value is -1.90. The average Bonchev–Trinajstić information content (AvgIpc) is 2.30. The predicted octanol–water partition coefficient (Wildman–Crippen LogP) is 2.46. The van der Waals surface area contributed by atoms with Crippen molar-refractivity contribution in [3.05, 3.63) is 42.4 Å². The van der Waals surface area contributed by atoms with E-state index in [2.05, 4.69) is 16.0 Å². The molecule has 0 radical (unpaired) electrons. The van der Waals surface area contributed by atoms with Crippen molar-refractivity contribution < 1.29 is 4.74 Å². The Morgan fingerprint density at radius 3 is 2.60 bits per heavy atom. The van der Waals surface area contributed by atoms with Gasteiger partial charge in [0.25, 0.3) is 0 Å². The molecule has 0 aliphatic rings. The molecule has 0 amide bonds. The zero-order valence-electron chi connectivity index (χ0n) is 8.77. The third-order valence-electron chi connectivity index (χ3n) is 2.17. The van der Waals surface area contributed by atoms with Crippen LogP contribution in [0, 0.1) is 6.92 Å². The van der Waals surface area contributed by atoms with Gasteiger partial charge in [-0.2, -0.15) is 0 Å². The Balaban J connectivity index is 2.56. The van der Waals surface area contributed by atoms with E-state index in [0.29, 0.717) is 5.88 Å². The first-order chi connectivity index (χ1) is 7.31. The Morgan fingerprint density at radius 2 is 1.93 bits per heavy atom. The van der Waals surface area contributed by atoms with E-state index in [1.54, 1.807) is 25.7 Å². The van der Waals surface area contributed by atoms with E-state index in [1.165, 1.54) is 0 Å². The molecule has 0 atom stereocenters. The molecule has 15 heavy (non-hydrogen) atoms. The second-order valence-corrected chi connectivity index (χ2v) is 3.31. The minimum absolute atomic E-state index is 0.645. The summed E-state index contributed by atoms with van der Waals surface area (Å²) in [5, 5.41) is 0. The second-order valence-electron chi connectivity index (χ2n) is 3.31. The van der Waals surface area contributed by atoms with Crippen molar-refractivity contribution in [1.82, 2.24) is 9.97 Å². The Bertz CT molecular complexity index is 454. The topological polar surface area (TPSA) is 35.0 Å². The smallest absolute Gasteiger partial charge is 0.221 e. The normalized spacial score (nSPS) is 10.0. The van der Waals surface area contributed by atoms with Crippen LogP contribution in [-0.4, -0.2) is 17.1 Å². The lowest BCUT2D eigenvalue weighted by Gasteiger charge is -2.07. The lowest BCUT2D eigenvalue weighted by molar-refractivity contribution is 0.399. The van der Waals surface area contributed by atoms with Gasteiger partial charge in [-0.1, -0.05) is 0 Å². The summed E-state index contributed by atoms with van der Waals surface area (Å²) >= 11 is 0. The van der Waals surface area contributed by atoms with Gasteiger partial charge < -0.3 is 4.74 Å². The van der Waals surface area contributed by atoms with Crippen LogP contribution in [0.25, 0.3) is 11.1 Å². The van der Waals surface area contributed by atoms with Crippen molar-refractivity contribution in [3.63, 3.8) is 0 Å². The summed E-state index contributed by atoms with van der Waals surface area (Å²) in [7, 11) is 1.63. The number of ether oxygens (including phenoxy) is 1. The molecular weight excluding hydrogens is 188 g/mol. The van der Waals surface area contributed by atoms with Gasteiger partial charge in [-0.3, -0.25) is 4.98 Å². The molecule has 0 fully saturated rings. The molecule has 3 nitrogen and oxygen atoms in total. The average molecular weight is 200 g/mol. The highest BCUT2D eigenvalue weighted by Crippen LogP contribution is 2.27. The zero-order chi connectivity index (χ0) is 10.7. The van der Waals surface area contributed by atoms with E-state index in [9.17, 15) is 0 Å². The number of pyridine rings is 2. The van der Waals surface area contributed by atoms with Crippen LogP contribution in [0.5, 0.6) is 5.88 Å². The van der Waals surface area contributed by atoms with E-state index in [4.69, 9.17) is 4.74 Å². The zero-order valence-corrected chi connectivity index (χ0v) is 8.77. The van der Waals surface area contributed by atoms with Crippen molar-refractivity contribution in [1.29, 1.82) is 0 Å². The molecule has 0 aliphatic carbocycles. The van der Waals surface area contributed by atoms with Crippen LogP contribution in [-0.2, 0) is 0 Å². The quantitative estimate of drug-likeness (QED) is 0.747. The number of aromatic nitrogens is 2. The minimum Gasteiger partial charge on any atom is -0.481 e. The fourth-order valence-corrected chi connectivity index (χ4v) is 1.46. The van der Waals surface area contributed by atoms with Crippen molar-refractivity contribution in [2.45, 2.75) is 6.92 Å². The maximum absolute atomic E-state index is 5.22. The highest BCUT2D eigenvalue weighted by Gasteiger charge is 2.06. The van der Waals surface area contributed by atoms with Crippen molar-refractivity contribution in [3.8, 4) is 17.0 Å². The molecule has 0 saturated carbocycles. The number of hydrogen-bond donors (Lipinski definition) is 0. The lowest BCUT2D eigenvalue weighted by atomic mass is 10.1. The van der Waals surface area contributed by atoms with Gasteiger partial charge in [-0.15, -0.1) is 0 Å². The molecule has 0 aromatic carbocycles. The summed E-state index contributed by atoms with van der Waals surface area (Å²) in [6.07, 6.45) is 5.32. The molecule has 0 aliphatic heterocycles. The Kier molecular flexibility index (Phi) is 2.63. The van der Waals surface area contributed by atoms with Crippen molar-refractivity contribution in [2.75, 3.05) is 7.11 Å². The number of hydrogen-bond acceptors (Lipinski definition) is 3. The number of nitrogens with zero attached hydrogens (tertiary/aromatic N) is 2. The second kappa shape index (κ2) is 4.09. The first-order valence-corrected chi connectivity index (χ1v) is 4.72. The molecule has 0 spiro atoms. The van der Waals surface area contributed by atoms with Gasteiger partial charge in [0.1, 0.15) is 0 Å². The molecule has 2 aromatic rings. The lowest BCUT2D eigenvalue weighted by Crippen LogP contribution is -1.92. The maximum atomic E-state index is 5.22. The molecule has 2 aromatic heterocycles. The fraction of sp³-hybridized carbons (Fsp3) is 0.167. The number of methoxy groups -OCH3 is 1. The van der Waals surface area contributed by atoms with E-state index in [0.717, 1.165) is 16.7 Å². The summed E-state index contributed by atoms with van der Waals surface area (Å²) in [5.41, 5.74) is 3.18. The van der Waals surface area contributed by atoms with Crippen LogP contribution in [0.3, 0.4) is 0 Å². The third-order valence-corrected chi connectivity index (χ3v) is 2.17. The van der Waals surface area contributed by atoms with E-state index in [1.807, 2.05) is 19.1 Å². The first kappa shape index (κ1) is 9.65. The van der Waals surface area contributed by atoms with E-state index < -0.39 is 0 Å². The molecule has 3 heteroatoms.